The molecule has 0 aliphatic heterocycles. The second kappa shape index (κ2) is 11.3. The minimum absolute atomic E-state index is 1.15. The second-order valence-corrected chi connectivity index (χ2v) is 5.22. The van der Waals surface area contributed by atoms with E-state index in [2.05, 4.69) is 29.4 Å². The lowest BCUT2D eigenvalue weighted by atomic mass is 10.1. The van der Waals surface area contributed by atoms with Gasteiger partial charge in [-0.3, -0.25) is 0 Å². The number of hydrogen-bond donors (Lipinski definition) is 0. The summed E-state index contributed by atoms with van der Waals surface area (Å²) in [4.78, 5) is 0. The van der Waals surface area contributed by atoms with Crippen LogP contribution in [0.1, 0.15) is 71.1 Å². The highest BCUT2D eigenvalue weighted by atomic mass is 79.9. The van der Waals surface area contributed by atoms with Crippen LogP contribution in [0.15, 0.2) is 11.1 Å². The van der Waals surface area contributed by atoms with Crippen LogP contribution in [-0.4, -0.2) is 0 Å². The maximum atomic E-state index is 3.84. The van der Waals surface area contributed by atoms with Gasteiger partial charge in [-0.15, -0.1) is 0 Å². The fourth-order valence-corrected chi connectivity index (χ4v) is 1.91. The number of rotatable bonds is 10. The van der Waals surface area contributed by atoms with Gasteiger partial charge in [0.2, 0.25) is 0 Å². The van der Waals surface area contributed by atoms with E-state index in [1.165, 1.54) is 57.8 Å². The maximum absolute atomic E-state index is 3.84. The lowest BCUT2D eigenvalue weighted by Crippen LogP contribution is -1.81. The molecule has 0 N–H and O–H groups in total. The van der Waals surface area contributed by atoms with Crippen molar-refractivity contribution in [2.45, 2.75) is 71.1 Å². The van der Waals surface area contributed by atoms with Crippen LogP contribution >= 0.6 is 15.9 Å². The number of allylic oxidation sites excluding steroid dienone is 1. The molecule has 0 unspecified atom stereocenters. The van der Waals surface area contributed by atoms with E-state index in [4.69, 9.17) is 0 Å². The van der Waals surface area contributed by atoms with E-state index in [1.807, 2.05) is 0 Å². The van der Waals surface area contributed by atoms with E-state index < -0.39 is 0 Å². The Kier molecular flexibility index (Phi) is 11.5. The molecule has 0 spiro atoms. The molecule has 0 aromatic rings. The van der Waals surface area contributed by atoms with Crippen LogP contribution in [-0.2, 0) is 0 Å². The number of halogens is 1. The third-order valence-electron chi connectivity index (χ3n) is 2.55. The molecule has 0 aliphatic rings. The van der Waals surface area contributed by atoms with Gasteiger partial charge in [0.1, 0.15) is 0 Å². The van der Waals surface area contributed by atoms with Crippen molar-refractivity contribution in [3.8, 4) is 0 Å². The first-order valence-corrected chi connectivity index (χ1v) is 6.90. The van der Waals surface area contributed by atoms with E-state index in [-0.39, 0.29) is 0 Å². The van der Waals surface area contributed by atoms with Crippen molar-refractivity contribution in [2.75, 3.05) is 0 Å². The van der Waals surface area contributed by atoms with Gasteiger partial charge in [0.15, 0.2) is 0 Å². The molecule has 1 heteroatoms. The van der Waals surface area contributed by atoms with Crippen molar-refractivity contribution in [2.24, 2.45) is 0 Å². The minimum Gasteiger partial charge on any atom is -0.0889 e. The molecule has 0 aliphatic carbocycles. The predicted molar refractivity (Wildman–Crippen MR) is 69.9 cm³/mol. The Labute approximate surface area is 98.3 Å². The summed E-state index contributed by atoms with van der Waals surface area (Å²) < 4.78 is 1.15. The van der Waals surface area contributed by atoms with Gasteiger partial charge < -0.3 is 0 Å². The predicted octanol–water partition coefficient (Wildman–Crippen LogP) is 5.82. The second-order valence-electron chi connectivity index (χ2n) is 4.10. The van der Waals surface area contributed by atoms with Crippen molar-refractivity contribution in [1.82, 2.24) is 0 Å². The zero-order chi connectivity index (χ0) is 10.6. The molecule has 0 heterocycles. The molecule has 0 nitrogen and oxygen atoms in total. The van der Waals surface area contributed by atoms with Crippen molar-refractivity contribution in [3.05, 3.63) is 11.1 Å². The average Bonchev–Trinajstić information content (AvgIpc) is 2.15. The van der Waals surface area contributed by atoms with E-state index in [1.54, 1.807) is 0 Å². The van der Waals surface area contributed by atoms with Crippen molar-refractivity contribution >= 4 is 15.9 Å². The molecular weight excluding hydrogens is 236 g/mol. The summed E-state index contributed by atoms with van der Waals surface area (Å²) in [6.45, 7) is 6.11. The van der Waals surface area contributed by atoms with Crippen LogP contribution in [0.25, 0.3) is 0 Å². The molecule has 0 fully saturated rings. The van der Waals surface area contributed by atoms with Crippen LogP contribution in [0.5, 0.6) is 0 Å². The highest BCUT2D eigenvalue weighted by molar-refractivity contribution is 9.11. The SMILES string of the molecule is C=C(Br)CCCCCCCCCCC. The first kappa shape index (κ1) is 14.2. The fraction of sp³-hybridized carbons (Fsp3) is 0.846. The van der Waals surface area contributed by atoms with Crippen LogP contribution in [0, 0.1) is 0 Å². The van der Waals surface area contributed by atoms with Gasteiger partial charge in [-0.25, -0.2) is 0 Å². The summed E-state index contributed by atoms with van der Waals surface area (Å²) in [5, 5.41) is 0. The summed E-state index contributed by atoms with van der Waals surface area (Å²) in [6, 6.07) is 0. The third kappa shape index (κ3) is 12.2. The Morgan fingerprint density at radius 2 is 1.29 bits per heavy atom. The van der Waals surface area contributed by atoms with Gasteiger partial charge >= 0.3 is 0 Å². The summed E-state index contributed by atoms with van der Waals surface area (Å²) >= 11 is 3.39. The highest BCUT2D eigenvalue weighted by Crippen LogP contribution is 2.14. The monoisotopic (exact) mass is 260 g/mol. The molecule has 0 bridgehead atoms. The zero-order valence-electron chi connectivity index (χ0n) is 9.66. The van der Waals surface area contributed by atoms with Gasteiger partial charge in [-0.2, -0.15) is 0 Å². The molecule has 0 saturated carbocycles. The molecule has 0 aromatic carbocycles. The maximum Gasteiger partial charge on any atom is -0.0121 e. The summed E-state index contributed by atoms with van der Waals surface area (Å²) in [7, 11) is 0. The first-order valence-electron chi connectivity index (χ1n) is 6.10. The van der Waals surface area contributed by atoms with Crippen LogP contribution in [0.3, 0.4) is 0 Å². The first-order chi connectivity index (χ1) is 6.77. The Morgan fingerprint density at radius 3 is 1.71 bits per heavy atom. The van der Waals surface area contributed by atoms with Gasteiger partial charge in [0.25, 0.3) is 0 Å². The third-order valence-corrected chi connectivity index (χ3v) is 2.95. The Balaban J connectivity index is 2.88. The number of unbranched alkanes of at least 4 members (excludes halogenated alkanes) is 8. The Hall–Kier alpha value is 0.220. The van der Waals surface area contributed by atoms with E-state index >= 15 is 0 Å². The molecule has 0 saturated heterocycles. The largest absolute Gasteiger partial charge is 0.0889 e. The van der Waals surface area contributed by atoms with Gasteiger partial charge in [0.05, 0.1) is 0 Å². The normalized spacial score (nSPS) is 10.4. The lowest BCUT2D eigenvalue weighted by Gasteiger charge is -2.01. The quantitative estimate of drug-likeness (QED) is 0.435. The average molecular weight is 261 g/mol. The molecule has 0 atom stereocenters. The smallest absolute Gasteiger partial charge is 0.0121 e. The van der Waals surface area contributed by atoms with Crippen molar-refractivity contribution in [1.29, 1.82) is 0 Å². The van der Waals surface area contributed by atoms with Crippen molar-refractivity contribution < 1.29 is 0 Å². The summed E-state index contributed by atoms with van der Waals surface area (Å²) in [5.74, 6) is 0. The highest BCUT2D eigenvalue weighted by Gasteiger charge is 1.92. The summed E-state index contributed by atoms with van der Waals surface area (Å²) in [5.41, 5.74) is 0. The lowest BCUT2D eigenvalue weighted by molar-refractivity contribution is 0.566. The molecule has 0 amide bonds. The van der Waals surface area contributed by atoms with Gasteiger partial charge in [0, 0.05) is 0 Å². The molecule has 0 radical (unpaired) electrons. The van der Waals surface area contributed by atoms with Gasteiger partial charge in [-0.05, 0) is 17.3 Å². The molecule has 0 rings (SSSR count). The molecule has 14 heavy (non-hydrogen) atoms. The molecule has 84 valence electrons. The Morgan fingerprint density at radius 1 is 0.857 bits per heavy atom. The minimum atomic E-state index is 1.15. The van der Waals surface area contributed by atoms with E-state index in [9.17, 15) is 0 Å². The zero-order valence-corrected chi connectivity index (χ0v) is 11.2. The van der Waals surface area contributed by atoms with E-state index in [0.29, 0.717) is 0 Å². The topological polar surface area (TPSA) is 0 Å². The van der Waals surface area contributed by atoms with Gasteiger partial charge in [-0.1, -0.05) is 80.8 Å². The summed E-state index contributed by atoms with van der Waals surface area (Å²) in [6.07, 6.45) is 13.8. The standard InChI is InChI=1S/C13H25Br/c1-3-4-5-6-7-8-9-10-11-12-13(2)14/h2-12H2,1H3. The van der Waals surface area contributed by atoms with Crippen LogP contribution in [0.4, 0.5) is 0 Å². The fourth-order valence-electron chi connectivity index (χ4n) is 1.63. The number of hydrogen-bond acceptors (Lipinski definition) is 0. The van der Waals surface area contributed by atoms with Crippen LogP contribution in [0.2, 0.25) is 0 Å². The van der Waals surface area contributed by atoms with Crippen molar-refractivity contribution in [3.63, 3.8) is 0 Å². The van der Waals surface area contributed by atoms with Crippen LogP contribution < -0.4 is 0 Å². The Bertz CT molecular complexity index is 129. The molecule has 0 aromatic heterocycles. The molecular formula is C13H25Br. The van der Waals surface area contributed by atoms with E-state index in [0.717, 1.165) is 10.9 Å².